The van der Waals surface area contributed by atoms with Crippen molar-refractivity contribution in [3.63, 3.8) is 0 Å². The zero-order valence-electron chi connectivity index (χ0n) is 12.2. The highest BCUT2D eigenvalue weighted by Crippen LogP contribution is 2.21. The van der Waals surface area contributed by atoms with Gasteiger partial charge in [0.15, 0.2) is 0 Å². The second-order valence-corrected chi connectivity index (χ2v) is 5.07. The van der Waals surface area contributed by atoms with Crippen LogP contribution in [0.15, 0.2) is 42.6 Å². The summed E-state index contributed by atoms with van der Waals surface area (Å²) in [6, 6.07) is 0.300. The first-order valence-corrected chi connectivity index (χ1v) is 7.28. The first-order chi connectivity index (χ1) is 10.3. The summed E-state index contributed by atoms with van der Waals surface area (Å²) < 4.78 is 1.76. The summed E-state index contributed by atoms with van der Waals surface area (Å²) in [5.74, 6) is 1.38. The van der Waals surface area contributed by atoms with E-state index in [1.165, 1.54) is 12.6 Å². The number of piperidine rings is 1. The first-order valence-electron chi connectivity index (χ1n) is 7.28. The van der Waals surface area contributed by atoms with Crippen LogP contribution in [0.5, 0.6) is 0 Å². The molecule has 1 atom stereocenters. The number of nitrogens with two attached hydrogens (primary N) is 1. The summed E-state index contributed by atoms with van der Waals surface area (Å²) in [5, 5.41) is 9.24. The maximum Gasteiger partial charge on any atom is 0.132 e. The first kappa shape index (κ1) is 15.3. The third-order valence-corrected chi connectivity index (χ3v) is 3.68. The SMILES string of the molecule is C=C(N=C(/C=C\N)N1CCCCC1CCO)n1ccnc1. The number of aromatic nitrogens is 2. The Kier molecular flexibility index (Phi) is 5.57. The molecule has 1 saturated heterocycles. The number of aliphatic hydroxyl groups excluding tert-OH is 1. The number of amidine groups is 1. The molecule has 21 heavy (non-hydrogen) atoms. The third-order valence-electron chi connectivity index (χ3n) is 3.68. The molecule has 1 aliphatic heterocycles. The lowest BCUT2D eigenvalue weighted by Crippen LogP contribution is -2.43. The van der Waals surface area contributed by atoms with E-state index >= 15 is 0 Å². The predicted octanol–water partition coefficient (Wildman–Crippen LogP) is 1.42. The lowest BCUT2D eigenvalue weighted by molar-refractivity contribution is 0.185. The smallest absolute Gasteiger partial charge is 0.132 e. The molecular weight excluding hydrogens is 266 g/mol. The topological polar surface area (TPSA) is 79.7 Å². The molecule has 6 nitrogen and oxygen atoms in total. The fraction of sp³-hybridized carbons (Fsp3) is 0.467. The van der Waals surface area contributed by atoms with Gasteiger partial charge < -0.3 is 15.7 Å². The van der Waals surface area contributed by atoms with Gasteiger partial charge >= 0.3 is 0 Å². The van der Waals surface area contributed by atoms with Crippen molar-refractivity contribution in [2.24, 2.45) is 10.7 Å². The zero-order chi connectivity index (χ0) is 15.1. The molecule has 0 saturated carbocycles. The molecule has 2 rings (SSSR count). The van der Waals surface area contributed by atoms with Gasteiger partial charge in [0.2, 0.25) is 0 Å². The van der Waals surface area contributed by atoms with E-state index in [9.17, 15) is 5.11 Å². The molecule has 0 bridgehead atoms. The van der Waals surface area contributed by atoms with Crippen molar-refractivity contribution in [2.75, 3.05) is 13.2 Å². The van der Waals surface area contributed by atoms with Crippen LogP contribution in [0.2, 0.25) is 0 Å². The van der Waals surface area contributed by atoms with Crippen LogP contribution in [0.1, 0.15) is 25.7 Å². The molecule has 1 fully saturated rings. The molecule has 0 aromatic carbocycles. The standard InChI is InChI=1S/C15H23N5O/c1-13(19-10-8-17-12-19)18-15(5-7-16)20-9-3-2-4-14(20)6-11-21/h5,7-8,10,12,14,21H,1-4,6,9,11,16H2/b7-5-,18-15?. The van der Waals surface area contributed by atoms with Crippen molar-refractivity contribution in [3.05, 3.63) is 37.6 Å². The highest BCUT2D eigenvalue weighted by atomic mass is 16.3. The van der Waals surface area contributed by atoms with Crippen molar-refractivity contribution in [1.82, 2.24) is 14.5 Å². The fourth-order valence-electron chi connectivity index (χ4n) is 2.64. The number of aliphatic imine (C=N–C) groups is 1. The van der Waals surface area contributed by atoms with Gasteiger partial charge in [0, 0.05) is 31.6 Å². The molecule has 1 aromatic heterocycles. The Morgan fingerprint density at radius 3 is 3.05 bits per heavy atom. The highest BCUT2D eigenvalue weighted by Gasteiger charge is 2.23. The zero-order valence-corrected chi connectivity index (χ0v) is 12.2. The molecule has 6 heteroatoms. The maximum absolute atomic E-state index is 9.24. The summed E-state index contributed by atoms with van der Waals surface area (Å²) in [4.78, 5) is 10.8. The molecule has 1 aromatic rings. The molecule has 1 unspecified atom stereocenters. The van der Waals surface area contributed by atoms with Gasteiger partial charge in [-0.3, -0.25) is 4.57 Å². The van der Waals surface area contributed by atoms with E-state index in [2.05, 4.69) is 21.5 Å². The molecule has 0 amide bonds. The lowest BCUT2D eigenvalue weighted by atomic mass is 9.99. The minimum atomic E-state index is 0.184. The van der Waals surface area contributed by atoms with Gasteiger partial charge in [-0.2, -0.15) is 0 Å². The van der Waals surface area contributed by atoms with Gasteiger partial charge in [-0.1, -0.05) is 6.58 Å². The molecule has 0 radical (unpaired) electrons. The van der Waals surface area contributed by atoms with E-state index in [-0.39, 0.29) is 6.61 Å². The van der Waals surface area contributed by atoms with Crippen LogP contribution < -0.4 is 5.73 Å². The van der Waals surface area contributed by atoms with Crippen LogP contribution in [0.3, 0.4) is 0 Å². The third kappa shape index (κ3) is 3.95. The van der Waals surface area contributed by atoms with Crippen molar-refractivity contribution in [2.45, 2.75) is 31.7 Å². The number of aliphatic hydroxyl groups is 1. The van der Waals surface area contributed by atoms with Gasteiger partial charge in [-0.05, 0) is 38.0 Å². The van der Waals surface area contributed by atoms with E-state index in [1.54, 1.807) is 29.4 Å². The van der Waals surface area contributed by atoms with E-state index in [0.29, 0.717) is 11.9 Å². The van der Waals surface area contributed by atoms with E-state index in [0.717, 1.165) is 31.6 Å². The number of nitrogens with zero attached hydrogens (tertiary/aromatic N) is 4. The Labute approximate surface area is 125 Å². The van der Waals surface area contributed by atoms with Gasteiger partial charge in [0.05, 0.1) is 0 Å². The molecule has 2 heterocycles. The van der Waals surface area contributed by atoms with Crippen molar-refractivity contribution < 1.29 is 5.11 Å². The van der Waals surface area contributed by atoms with E-state index in [1.807, 2.05) is 0 Å². The normalized spacial score (nSPS) is 20.1. The van der Waals surface area contributed by atoms with Crippen LogP contribution in [0.4, 0.5) is 0 Å². The summed E-state index contributed by atoms with van der Waals surface area (Å²) in [7, 11) is 0. The lowest BCUT2D eigenvalue weighted by Gasteiger charge is -2.37. The largest absolute Gasteiger partial charge is 0.404 e. The van der Waals surface area contributed by atoms with Gasteiger partial charge in [0.25, 0.3) is 0 Å². The Morgan fingerprint density at radius 1 is 1.52 bits per heavy atom. The summed E-state index contributed by atoms with van der Waals surface area (Å²) in [6.45, 7) is 5.08. The minimum absolute atomic E-state index is 0.184. The molecule has 0 spiro atoms. The number of hydrogen-bond donors (Lipinski definition) is 2. The number of hydrogen-bond acceptors (Lipinski definition) is 4. The summed E-state index contributed by atoms with van der Waals surface area (Å²) in [5.41, 5.74) is 5.56. The van der Waals surface area contributed by atoms with Crippen molar-refractivity contribution >= 4 is 11.7 Å². The average molecular weight is 289 g/mol. The van der Waals surface area contributed by atoms with Crippen LogP contribution >= 0.6 is 0 Å². The Hall–Kier alpha value is -2.08. The minimum Gasteiger partial charge on any atom is -0.404 e. The van der Waals surface area contributed by atoms with Crippen LogP contribution in [-0.2, 0) is 0 Å². The average Bonchev–Trinajstić information content (AvgIpc) is 3.02. The second-order valence-electron chi connectivity index (χ2n) is 5.07. The quantitative estimate of drug-likeness (QED) is 0.634. The Morgan fingerprint density at radius 2 is 2.38 bits per heavy atom. The molecule has 3 N–H and O–H groups in total. The fourth-order valence-corrected chi connectivity index (χ4v) is 2.64. The maximum atomic E-state index is 9.24. The van der Waals surface area contributed by atoms with E-state index < -0.39 is 0 Å². The molecular formula is C15H23N5O. The molecule has 0 aliphatic carbocycles. The second kappa shape index (κ2) is 7.64. The number of rotatable bonds is 5. The predicted molar refractivity (Wildman–Crippen MR) is 84.4 cm³/mol. The monoisotopic (exact) mass is 289 g/mol. The Bertz CT molecular complexity index is 504. The van der Waals surface area contributed by atoms with Crippen molar-refractivity contribution in [1.29, 1.82) is 0 Å². The van der Waals surface area contributed by atoms with Gasteiger partial charge in [-0.15, -0.1) is 0 Å². The summed E-state index contributed by atoms with van der Waals surface area (Å²) >= 11 is 0. The number of likely N-dealkylation sites (tertiary alicyclic amines) is 1. The van der Waals surface area contributed by atoms with Gasteiger partial charge in [0.1, 0.15) is 18.0 Å². The van der Waals surface area contributed by atoms with Crippen molar-refractivity contribution in [3.8, 4) is 0 Å². The highest BCUT2D eigenvalue weighted by molar-refractivity contribution is 5.95. The van der Waals surface area contributed by atoms with Crippen LogP contribution in [0.25, 0.3) is 5.82 Å². The Balaban J connectivity index is 2.22. The van der Waals surface area contributed by atoms with Gasteiger partial charge in [-0.25, -0.2) is 9.98 Å². The summed E-state index contributed by atoms with van der Waals surface area (Å²) in [6.07, 6.45) is 12.6. The molecule has 114 valence electrons. The van der Waals surface area contributed by atoms with Crippen LogP contribution in [-0.4, -0.2) is 44.6 Å². The molecule has 1 aliphatic rings. The number of imidazole rings is 1. The van der Waals surface area contributed by atoms with E-state index in [4.69, 9.17) is 5.73 Å². The van der Waals surface area contributed by atoms with Crippen LogP contribution in [0, 0.1) is 0 Å².